The summed E-state index contributed by atoms with van der Waals surface area (Å²) in [5.74, 6) is 0.866. The topological polar surface area (TPSA) is 54.9 Å². The van der Waals surface area contributed by atoms with Gasteiger partial charge in [0.25, 0.3) is 0 Å². The van der Waals surface area contributed by atoms with Gasteiger partial charge in [-0.2, -0.15) is 11.8 Å². The Labute approximate surface area is 130 Å². The molecule has 7 heteroatoms. The molecule has 0 aliphatic heterocycles. The summed E-state index contributed by atoms with van der Waals surface area (Å²) >= 11 is 4.69. The van der Waals surface area contributed by atoms with Crippen LogP contribution in [-0.2, 0) is 4.79 Å². The molecule has 106 valence electrons. The molecule has 0 fully saturated rings. The first-order valence-electron chi connectivity index (χ1n) is 5.98. The Balaban J connectivity index is 2.17. The standard InChI is InChI=1S/C13H15N3OS3/c1-18-7-5-10(17)15-13-12(19-2)16-11(20-13)9-4-3-6-14-8-9/h3-4,6,8H,5,7H2,1-2H3,(H,15,17). The molecule has 0 spiro atoms. The van der Waals surface area contributed by atoms with Gasteiger partial charge in [-0.1, -0.05) is 11.3 Å². The number of thiazole rings is 1. The number of thioether (sulfide) groups is 2. The third kappa shape index (κ3) is 3.97. The number of aromatic nitrogens is 2. The summed E-state index contributed by atoms with van der Waals surface area (Å²) in [6, 6.07) is 3.85. The summed E-state index contributed by atoms with van der Waals surface area (Å²) in [5.41, 5.74) is 0.970. The molecule has 0 aliphatic carbocycles. The molecule has 20 heavy (non-hydrogen) atoms. The van der Waals surface area contributed by atoms with Crippen LogP contribution >= 0.6 is 34.9 Å². The highest BCUT2D eigenvalue weighted by molar-refractivity contribution is 7.99. The normalized spacial score (nSPS) is 10.5. The monoisotopic (exact) mass is 325 g/mol. The lowest BCUT2D eigenvalue weighted by Gasteiger charge is -2.02. The third-order valence-electron chi connectivity index (χ3n) is 2.48. The average molecular weight is 325 g/mol. The fourth-order valence-corrected chi connectivity index (χ4v) is 3.63. The van der Waals surface area contributed by atoms with Crippen molar-refractivity contribution in [2.24, 2.45) is 0 Å². The summed E-state index contributed by atoms with van der Waals surface area (Å²) in [5, 5.41) is 5.50. The van der Waals surface area contributed by atoms with Crippen LogP contribution in [-0.4, -0.2) is 34.1 Å². The van der Waals surface area contributed by atoms with E-state index in [0.717, 1.165) is 26.4 Å². The number of nitrogens with one attached hydrogen (secondary N) is 1. The highest BCUT2D eigenvalue weighted by Gasteiger charge is 2.14. The highest BCUT2D eigenvalue weighted by Crippen LogP contribution is 2.36. The van der Waals surface area contributed by atoms with E-state index in [-0.39, 0.29) is 5.91 Å². The van der Waals surface area contributed by atoms with E-state index in [0.29, 0.717) is 6.42 Å². The van der Waals surface area contributed by atoms with Crippen molar-refractivity contribution >= 4 is 45.8 Å². The Morgan fingerprint density at radius 2 is 2.30 bits per heavy atom. The lowest BCUT2D eigenvalue weighted by molar-refractivity contribution is -0.115. The number of pyridine rings is 1. The van der Waals surface area contributed by atoms with Crippen molar-refractivity contribution in [1.82, 2.24) is 9.97 Å². The van der Waals surface area contributed by atoms with Crippen molar-refractivity contribution in [3.05, 3.63) is 24.5 Å². The van der Waals surface area contributed by atoms with Crippen LogP contribution in [0.4, 0.5) is 5.00 Å². The number of carbonyl (C=O) groups excluding carboxylic acids is 1. The van der Waals surface area contributed by atoms with Crippen molar-refractivity contribution < 1.29 is 4.79 Å². The summed E-state index contributed by atoms with van der Waals surface area (Å²) < 4.78 is 0. The van der Waals surface area contributed by atoms with Crippen LogP contribution < -0.4 is 5.32 Å². The summed E-state index contributed by atoms with van der Waals surface area (Å²) in [6.07, 6.45) is 7.99. The average Bonchev–Trinajstić information content (AvgIpc) is 2.89. The van der Waals surface area contributed by atoms with Crippen molar-refractivity contribution in [1.29, 1.82) is 0 Å². The second-order valence-corrected chi connectivity index (χ2v) is 6.67. The minimum absolute atomic E-state index is 0.0380. The molecular formula is C13H15N3OS3. The first-order chi connectivity index (χ1) is 9.74. The Hall–Kier alpha value is -1.05. The fourth-order valence-electron chi connectivity index (χ4n) is 1.52. The van der Waals surface area contributed by atoms with E-state index in [2.05, 4.69) is 15.3 Å². The molecule has 0 radical (unpaired) electrons. The Kier molecular flexibility index (Phi) is 5.87. The predicted octanol–water partition coefficient (Wildman–Crippen LogP) is 3.62. The molecule has 1 N–H and O–H groups in total. The van der Waals surface area contributed by atoms with Gasteiger partial charge in [-0.05, 0) is 24.6 Å². The van der Waals surface area contributed by atoms with Gasteiger partial charge < -0.3 is 5.32 Å². The number of carbonyl (C=O) groups is 1. The zero-order valence-electron chi connectivity index (χ0n) is 11.3. The predicted molar refractivity (Wildman–Crippen MR) is 88.8 cm³/mol. The van der Waals surface area contributed by atoms with Crippen molar-refractivity contribution in [3.63, 3.8) is 0 Å². The van der Waals surface area contributed by atoms with E-state index >= 15 is 0 Å². The van der Waals surface area contributed by atoms with Crippen LogP contribution in [0.2, 0.25) is 0 Å². The van der Waals surface area contributed by atoms with Gasteiger partial charge in [-0.25, -0.2) is 4.98 Å². The van der Waals surface area contributed by atoms with Crippen molar-refractivity contribution in [2.75, 3.05) is 23.6 Å². The second-order valence-electron chi connectivity index (χ2n) is 3.89. The van der Waals surface area contributed by atoms with Crippen molar-refractivity contribution in [3.8, 4) is 10.6 Å². The SMILES string of the molecule is CSCCC(=O)Nc1sc(-c2cccnc2)nc1SC. The molecule has 0 atom stereocenters. The Morgan fingerprint density at radius 1 is 1.45 bits per heavy atom. The maximum Gasteiger partial charge on any atom is 0.225 e. The van der Waals surface area contributed by atoms with Gasteiger partial charge >= 0.3 is 0 Å². The molecule has 2 aromatic rings. The molecule has 4 nitrogen and oxygen atoms in total. The molecule has 0 saturated heterocycles. The maximum absolute atomic E-state index is 11.8. The van der Waals surface area contributed by atoms with Gasteiger partial charge in [0.05, 0.1) is 0 Å². The number of hydrogen-bond donors (Lipinski definition) is 1. The van der Waals surface area contributed by atoms with Crippen LogP contribution in [0.5, 0.6) is 0 Å². The lowest BCUT2D eigenvalue weighted by Crippen LogP contribution is -2.11. The molecule has 1 amide bonds. The molecular weight excluding hydrogens is 310 g/mol. The maximum atomic E-state index is 11.8. The first kappa shape index (κ1) is 15.3. The van der Waals surface area contributed by atoms with E-state index in [9.17, 15) is 4.79 Å². The summed E-state index contributed by atoms with van der Waals surface area (Å²) in [4.78, 5) is 20.5. The molecule has 0 saturated carbocycles. The third-order valence-corrected chi connectivity index (χ3v) is 4.93. The number of nitrogens with zero attached hydrogens (tertiary/aromatic N) is 2. The molecule has 0 aliphatic rings. The van der Waals surface area contributed by atoms with Crippen LogP contribution in [0.15, 0.2) is 29.6 Å². The Bertz CT molecular complexity index is 571. The van der Waals surface area contributed by atoms with Crippen molar-refractivity contribution in [2.45, 2.75) is 11.4 Å². The first-order valence-corrected chi connectivity index (χ1v) is 9.42. The van der Waals surface area contributed by atoms with Gasteiger partial charge in [0.15, 0.2) is 0 Å². The lowest BCUT2D eigenvalue weighted by atomic mass is 10.3. The van der Waals surface area contributed by atoms with Crippen LogP contribution in [0.25, 0.3) is 10.6 Å². The van der Waals surface area contributed by atoms with E-state index in [1.54, 1.807) is 24.2 Å². The van der Waals surface area contributed by atoms with Gasteiger partial charge in [0.2, 0.25) is 5.91 Å². The Morgan fingerprint density at radius 3 is 2.95 bits per heavy atom. The van der Waals surface area contributed by atoms with Gasteiger partial charge in [0, 0.05) is 30.1 Å². The number of amides is 1. The van der Waals surface area contributed by atoms with Crippen LogP contribution in [0.3, 0.4) is 0 Å². The van der Waals surface area contributed by atoms with Crippen LogP contribution in [0.1, 0.15) is 6.42 Å². The smallest absolute Gasteiger partial charge is 0.225 e. The minimum atomic E-state index is 0.0380. The molecule has 0 aromatic carbocycles. The quantitative estimate of drug-likeness (QED) is 0.822. The molecule has 0 unspecified atom stereocenters. The zero-order valence-corrected chi connectivity index (χ0v) is 13.7. The molecule has 0 bridgehead atoms. The minimum Gasteiger partial charge on any atom is -0.315 e. The summed E-state index contributed by atoms with van der Waals surface area (Å²) in [6.45, 7) is 0. The fraction of sp³-hybridized carbons (Fsp3) is 0.308. The van der Waals surface area contributed by atoms with Gasteiger partial charge in [-0.3, -0.25) is 9.78 Å². The largest absolute Gasteiger partial charge is 0.315 e. The van der Waals surface area contributed by atoms with Gasteiger partial charge in [-0.15, -0.1) is 11.8 Å². The molecule has 2 rings (SSSR count). The zero-order chi connectivity index (χ0) is 14.4. The molecule has 2 heterocycles. The highest BCUT2D eigenvalue weighted by atomic mass is 32.2. The van der Waals surface area contributed by atoms with Crippen LogP contribution in [0, 0.1) is 0 Å². The summed E-state index contributed by atoms with van der Waals surface area (Å²) in [7, 11) is 0. The van der Waals surface area contributed by atoms with E-state index in [1.807, 2.05) is 24.6 Å². The van der Waals surface area contributed by atoms with Gasteiger partial charge in [0.1, 0.15) is 15.0 Å². The van der Waals surface area contributed by atoms with E-state index < -0.39 is 0 Å². The van der Waals surface area contributed by atoms with E-state index in [4.69, 9.17) is 0 Å². The second kappa shape index (κ2) is 7.66. The van der Waals surface area contributed by atoms with E-state index in [1.165, 1.54) is 23.1 Å². The number of hydrogen-bond acceptors (Lipinski definition) is 6. The number of anilines is 1. The molecule has 2 aromatic heterocycles. The number of rotatable bonds is 6.